The van der Waals surface area contributed by atoms with E-state index in [2.05, 4.69) is 20.6 Å². The van der Waals surface area contributed by atoms with Gasteiger partial charge in [0.2, 0.25) is 11.8 Å². The second-order valence-electron chi connectivity index (χ2n) is 9.89. The molecule has 0 saturated heterocycles. The lowest BCUT2D eigenvalue weighted by Crippen LogP contribution is -2.44. The van der Waals surface area contributed by atoms with Gasteiger partial charge in [-0.3, -0.25) is 14.4 Å². The van der Waals surface area contributed by atoms with Gasteiger partial charge in [-0.25, -0.2) is 18.6 Å². The molecule has 0 bridgehead atoms. The molecule has 0 fully saturated rings. The topological polar surface area (TPSA) is 149 Å². The van der Waals surface area contributed by atoms with Crippen molar-refractivity contribution in [1.29, 1.82) is 0 Å². The number of imidazole rings is 1. The van der Waals surface area contributed by atoms with E-state index in [-0.39, 0.29) is 60.2 Å². The van der Waals surface area contributed by atoms with Crippen molar-refractivity contribution in [3.8, 4) is 0 Å². The minimum atomic E-state index is -1.42. The van der Waals surface area contributed by atoms with Gasteiger partial charge >= 0.3 is 6.09 Å². The number of hydrogen-bond donors (Lipinski definition) is 4. The molecule has 4 N–H and O–H groups in total. The predicted molar refractivity (Wildman–Crippen MR) is 145 cm³/mol. The van der Waals surface area contributed by atoms with Gasteiger partial charge in [-0.05, 0) is 43.4 Å². The Kier molecular flexibility index (Phi) is 9.75. The van der Waals surface area contributed by atoms with Crippen molar-refractivity contribution in [2.45, 2.75) is 45.7 Å². The highest BCUT2D eigenvalue weighted by Crippen LogP contribution is 2.25. The molecule has 3 amide bonds. The molecule has 13 heteroatoms. The number of rotatable bonds is 11. The van der Waals surface area contributed by atoms with E-state index in [0.29, 0.717) is 5.52 Å². The molecule has 0 aliphatic rings. The van der Waals surface area contributed by atoms with E-state index >= 15 is 0 Å². The van der Waals surface area contributed by atoms with Gasteiger partial charge in [-0.2, -0.15) is 0 Å². The molecule has 214 valence electrons. The minimum absolute atomic E-state index is 0.0428. The van der Waals surface area contributed by atoms with Crippen LogP contribution in [0.25, 0.3) is 11.0 Å². The average Bonchev–Trinajstić information content (AvgIpc) is 3.27. The number of allylic oxidation sites excluding steroid dienone is 1. The van der Waals surface area contributed by atoms with E-state index in [0.717, 1.165) is 6.07 Å². The highest BCUT2D eigenvalue weighted by atomic mass is 19.2. The average molecular weight is 559 g/mol. The number of carbonyl (C=O) groups excluding carboxylic acids is 2. The molecular weight excluding hydrogens is 526 g/mol. The van der Waals surface area contributed by atoms with Crippen LogP contribution in [0.15, 0.2) is 41.3 Å². The number of likely N-dealkylation sites (N-methyl/N-ethyl adjacent to an activating group) is 1. The number of fused-ring (bicyclic) bond motifs is 1. The number of carbonyl (C=O) groups is 3. The van der Waals surface area contributed by atoms with E-state index in [4.69, 9.17) is 5.11 Å². The third-order valence-electron chi connectivity index (χ3n) is 5.97. The van der Waals surface area contributed by atoms with Crippen LogP contribution in [-0.4, -0.2) is 62.6 Å². The fraction of sp³-hybridized carbons (Fsp3) is 0.370. The van der Waals surface area contributed by atoms with E-state index in [1.807, 2.05) is 13.8 Å². The summed E-state index contributed by atoms with van der Waals surface area (Å²) in [5.74, 6) is -2.62. The largest absolute Gasteiger partial charge is 0.465 e. The van der Waals surface area contributed by atoms with Gasteiger partial charge in [-0.15, -0.1) is 0 Å². The maximum absolute atomic E-state index is 14.5. The second kappa shape index (κ2) is 13.0. The Morgan fingerprint density at radius 2 is 1.98 bits per heavy atom. The third-order valence-corrected chi connectivity index (χ3v) is 5.97. The molecule has 40 heavy (non-hydrogen) atoms. The Morgan fingerprint density at radius 1 is 1.25 bits per heavy atom. The number of benzene rings is 1. The van der Waals surface area contributed by atoms with Crippen LogP contribution in [-0.2, 0) is 22.6 Å². The molecule has 0 radical (unpaired) electrons. The van der Waals surface area contributed by atoms with Crippen molar-refractivity contribution >= 4 is 34.6 Å². The van der Waals surface area contributed by atoms with Gasteiger partial charge in [0.25, 0.3) is 5.56 Å². The summed E-state index contributed by atoms with van der Waals surface area (Å²) in [5, 5.41) is 13.7. The van der Waals surface area contributed by atoms with Crippen molar-refractivity contribution in [3.63, 3.8) is 0 Å². The van der Waals surface area contributed by atoms with Crippen molar-refractivity contribution in [2.75, 3.05) is 19.4 Å². The molecule has 1 aromatic carbocycles. The maximum atomic E-state index is 14.5. The summed E-state index contributed by atoms with van der Waals surface area (Å²) in [6.45, 7) is 3.68. The highest BCUT2D eigenvalue weighted by Gasteiger charge is 2.22. The number of carboxylic acid groups (broad SMARTS) is 1. The first-order valence-corrected chi connectivity index (χ1v) is 12.6. The summed E-state index contributed by atoms with van der Waals surface area (Å²) >= 11 is 0. The van der Waals surface area contributed by atoms with Crippen LogP contribution < -0.4 is 16.2 Å². The van der Waals surface area contributed by atoms with Crippen LogP contribution in [0.2, 0.25) is 0 Å². The van der Waals surface area contributed by atoms with Crippen molar-refractivity contribution in [3.05, 3.63) is 69.9 Å². The van der Waals surface area contributed by atoms with Crippen molar-refractivity contribution < 1.29 is 28.3 Å². The van der Waals surface area contributed by atoms with Crippen LogP contribution in [0, 0.1) is 17.6 Å². The molecule has 11 nitrogen and oxygen atoms in total. The summed E-state index contributed by atoms with van der Waals surface area (Å²) < 4.78 is 29.9. The lowest BCUT2D eigenvalue weighted by molar-refractivity contribution is -0.123. The third kappa shape index (κ3) is 7.52. The molecule has 0 saturated carbocycles. The molecule has 1 atom stereocenters. The second-order valence-corrected chi connectivity index (χ2v) is 9.89. The van der Waals surface area contributed by atoms with Gasteiger partial charge in [0.05, 0.1) is 17.6 Å². The van der Waals surface area contributed by atoms with Crippen molar-refractivity contribution in [2.24, 2.45) is 5.92 Å². The smallest absolute Gasteiger partial charge is 0.405 e. The summed E-state index contributed by atoms with van der Waals surface area (Å²) in [7, 11) is 3.17. The lowest BCUT2D eigenvalue weighted by atomic mass is 10.0. The van der Waals surface area contributed by atoms with E-state index in [9.17, 15) is 28.0 Å². The number of pyridine rings is 1. The van der Waals surface area contributed by atoms with Crippen LogP contribution in [0.3, 0.4) is 0 Å². The Bertz CT molecular complexity index is 1490. The van der Waals surface area contributed by atoms with Crippen LogP contribution in [0.4, 0.5) is 19.3 Å². The van der Waals surface area contributed by atoms with Crippen LogP contribution in [0.1, 0.15) is 38.1 Å². The molecule has 0 aliphatic carbocycles. The number of amides is 3. The van der Waals surface area contributed by atoms with Gasteiger partial charge < -0.3 is 30.2 Å². The standard InChI is InChI=1S/C27H32F2N6O5/c1-15(2)12-16-23(29)17(28)13-20-24(16)33-21(30-20)14-35-11-7-9-19(26(35)38)31-25(37)18(32-27(39)40)8-5-6-10-22(36)34(3)4/h6-7,9-11,13,15,18,32H,5,8,12,14H2,1-4H3,(H,30,33)(H,31,37)(H,39,40)/b10-6+. The first-order valence-electron chi connectivity index (χ1n) is 12.6. The monoisotopic (exact) mass is 558 g/mol. The van der Waals surface area contributed by atoms with E-state index in [1.165, 1.54) is 39.9 Å². The number of H-pyrrole nitrogens is 1. The quantitative estimate of drug-likeness (QED) is 0.266. The minimum Gasteiger partial charge on any atom is -0.465 e. The fourth-order valence-electron chi connectivity index (χ4n) is 4.04. The summed E-state index contributed by atoms with van der Waals surface area (Å²) in [6, 6.07) is 2.69. The number of aromatic nitrogens is 3. The first kappa shape index (κ1) is 30.0. The number of anilines is 1. The Balaban J connectivity index is 1.79. The number of nitrogens with zero attached hydrogens (tertiary/aromatic N) is 3. The zero-order valence-corrected chi connectivity index (χ0v) is 22.6. The summed E-state index contributed by atoms with van der Waals surface area (Å²) in [5.41, 5.74) is 0.0587. The molecule has 3 rings (SSSR count). The normalized spacial score (nSPS) is 12.2. The van der Waals surface area contributed by atoms with Crippen molar-refractivity contribution in [1.82, 2.24) is 24.8 Å². The fourth-order valence-corrected chi connectivity index (χ4v) is 4.04. The van der Waals surface area contributed by atoms with Crippen LogP contribution >= 0.6 is 0 Å². The first-order chi connectivity index (χ1) is 18.9. The number of aromatic amines is 1. The molecule has 0 aliphatic heterocycles. The number of halogens is 2. The van der Waals surface area contributed by atoms with Gasteiger partial charge in [0.15, 0.2) is 11.6 Å². The molecular formula is C27H32F2N6O5. The predicted octanol–water partition coefficient (Wildman–Crippen LogP) is 3.25. The maximum Gasteiger partial charge on any atom is 0.405 e. The lowest BCUT2D eigenvalue weighted by Gasteiger charge is -2.16. The molecule has 3 aromatic rings. The Morgan fingerprint density at radius 3 is 2.62 bits per heavy atom. The van der Waals surface area contributed by atoms with E-state index in [1.54, 1.807) is 14.1 Å². The highest BCUT2D eigenvalue weighted by molar-refractivity contribution is 5.96. The van der Waals surface area contributed by atoms with Gasteiger partial charge in [0.1, 0.15) is 17.6 Å². The summed E-state index contributed by atoms with van der Waals surface area (Å²) in [4.78, 5) is 57.5. The molecule has 2 aromatic heterocycles. The Labute approximate surface area is 228 Å². The zero-order chi connectivity index (χ0) is 29.6. The number of hydrogen-bond acceptors (Lipinski definition) is 5. The van der Waals surface area contributed by atoms with Gasteiger partial charge in [0, 0.05) is 31.9 Å². The molecule has 0 spiro atoms. The van der Waals surface area contributed by atoms with E-state index < -0.39 is 35.2 Å². The SMILES string of the molecule is CC(C)Cc1c(F)c(F)cc2nc(Cn3cccc(NC(=O)C(CC/C=C/C(=O)N(C)C)NC(=O)O)c3=O)[nH]c12. The van der Waals surface area contributed by atoms with Crippen LogP contribution in [0.5, 0.6) is 0 Å². The molecule has 1 unspecified atom stereocenters. The molecule has 2 heterocycles. The van der Waals surface area contributed by atoms with Gasteiger partial charge in [-0.1, -0.05) is 19.9 Å². The number of nitrogens with one attached hydrogen (secondary N) is 3. The Hall–Kier alpha value is -4.55. The zero-order valence-electron chi connectivity index (χ0n) is 22.6. The summed E-state index contributed by atoms with van der Waals surface area (Å²) in [6.07, 6.45) is 3.44.